The number of hydrogen-bond donors (Lipinski definition) is 0. The first-order chi connectivity index (χ1) is 12.0. The van der Waals surface area contributed by atoms with Gasteiger partial charge >= 0.3 is 0 Å². The molecule has 0 aliphatic heterocycles. The Bertz CT molecular complexity index is 1110. The minimum Gasteiger partial charge on any atom is -0.234 e. The van der Waals surface area contributed by atoms with Crippen LogP contribution in [0.25, 0.3) is 5.57 Å². The van der Waals surface area contributed by atoms with Crippen LogP contribution in [0, 0.1) is 56.8 Å². The standard InChI is InChI=1S/C17H6N8/c1-9(4-18)13(6-20)24-15-10(2)12-3-11(5-19)14(7-21)25-16(12)17(15)23-8-22/h3H,1H2,2H3. The number of aromatic nitrogens is 1. The molecule has 0 amide bonds. The van der Waals surface area contributed by atoms with Gasteiger partial charge in [0.05, 0.1) is 16.8 Å². The van der Waals surface area contributed by atoms with E-state index < -0.39 is 0 Å². The summed E-state index contributed by atoms with van der Waals surface area (Å²) >= 11 is 0. The van der Waals surface area contributed by atoms with Crippen molar-refractivity contribution in [3.05, 3.63) is 46.4 Å². The highest BCUT2D eigenvalue weighted by Gasteiger charge is 2.29. The molecule has 0 radical (unpaired) electrons. The predicted molar refractivity (Wildman–Crippen MR) is 86.2 cm³/mol. The quantitative estimate of drug-likeness (QED) is 0.459. The molecule has 0 atom stereocenters. The third-order valence-corrected chi connectivity index (χ3v) is 3.37. The van der Waals surface area contributed by atoms with Gasteiger partial charge in [-0.05, 0) is 18.6 Å². The molecule has 0 fully saturated rings. The predicted octanol–water partition coefficient (Wildman–Crippen LogP) is 1.88. The summed E-state index contributed by atoms with van der Waals surface area (Å²) in [6.45, 7) is 5.09. The lowest BCUT2D eigenvalue weighted by Crippen LogP contribution is -2.07. The van der Waals surface area contributed by atoms with Crippen LogP contribution < -0.4 is 0 Å². The second kappa shape index (κ2) is 6.67. The summed E-state index contributed by atoms with van der Waals surface area (Å²) < 4.78 is 0. The summed E-state index contributed by atoms with van der Waals surface area (Å²) in [5, 5.41) is 45.2. The van der Waals surface area contributed by atoms with Gasteiger partial charge in [-0.1, -0.05) is 6.58 Å². The number of rotatable bonds is 2. The molecule has 2 rings (SSSR count). The maximum atomic E-state index is 9.15. The van der Waals surface area contributed by atoms with Crippen LogP contribution in [-0.2, 0) is 0 Å². The van der Waals surface area contributed by atoms with Gasteiger partial charge in [0.2, 0.25) is 6.19 Å². The Hall–Kier alpha value is -4.58. The largest absolute Gasteiger partial charge is 0.234 e. The van der Waals surface area contributed by atoms with Crippen LogP contribution in [0.3, 0.4) is 0 Å². The zero-order valence-electron chi connectivity index (χ0n) is 12.9. The maximum Gasteiger partial charge on any atom is 0.206 e. The van der Waals surface area contributed by atoms with Crippen LogP contribution in [0.1, 0.15) is 29.4 Å². The van der Waals surface area contributed by atoms with E-state index in [4.69, 9.17) is 26.3 Å². The average molecular weight is 322 g/mol. The molecular weight excluding hydrogens is 316 g/mol. The van der Waals surface area contributed by atoms with Gasteiger partial charge in [0.1, 0.15) is 35.7 Å². The molecule has 0 saturated carbocycles. The smallest absolute Gasteiger partial charge is 0.206 e. The van der Waals surface area contributed by atoms with Gasteiger partial charge in [0, 0.05) is 5.56 Å². The zero-order chi connectivity index (χ0) is 18.6. The van der Waals surface area contributed by atoms with Crippen LogP contribution >= 0.6 is 0 Å². The van der Waals surface area contributed by atoms with Crippen LogP contribution in [0.2, 0.25) is 0 Å². The van der Waals surface area contributed by atoms with Gasteiger partial charge < -0.3 is 0 Å². The van der Waals surface area contributed by atoms with Gasteiger partial charge in [-0.2, -0.15) is 31.3 Å². The minimum absolute atomic E-state index is 0.0643. The maximum absolute atomic E-state index is 9.15. The van der Waals surface area contributed by atoms with Crippen molar-refractivity contribution in [2.45, 2.75) is 6.92 Å². The van der Waals surface area contributed by atoms with Crippen LogP contribution in [0.5, 0.6) is 0 Å². The summed E-state index contributed by atoms with van der Waals surface area (Å²) in [4.78, 5) is 11.9. The number of hydrogen-bond acceptors (Lipinski definition) is 8. The van der Waals surface area contributed by atoms with E-state index in [-0.39, 0.29) is 39.6 Å². The summed E-state index contributed by atoms with van der Waals surface area (Å²) in [5.74, 6) is 0. The van der Waals surface area contributed by atoms with E-state index in [0.717, 1.165) is 0 Å². The van der Waals surface area contributed by atoms with Gasteiger partial charge in [-0.3, -0.25) is 0 Å². The van der Waals surface area contributed by atoms with Crippen LogP contribution in [-0.4, -0.2) is 16.4 Å². The van der Waals surface area contributed by atoms with Crippen LogP contribution in [0.15, 0.2) is 33.9 Å². The SMILES string of the molecule is C=C(C#N)C(C#N)=NC1=C(C)c2cc(C#N)c(C#N)nc2C1=NC#N. The number of nitriles is 5. The molecule has 8 heteroatoms. The third-order valence-electron chi connectivity index (χ3n) is 3.37. The molecule has 1 aliphatic carbocycles. The van der Waals surface area contributed by atoms with E-state index in [1.807, 2.05) is 12.1 Å². The van der Waals surface area contributed by atoms with Crippen molar-refractivity contribution in [2.75, 3.05) is 0 Å². The van der Waals surface area contributed by atoms with Crippen molar-refractivity contribution in [1.82, 2.24) is 4.98 Å². The molecule has 0 aromatic carbocycles. The second-order valence-corrected chi connectivity index (χ2v) is 4.70. The van der Waals surface area contributed by atoms with E-state index in [2.05, 4.69) is 21.5 Å². The number of nitrogens with zero attached hydrogens (tertiary/aromatic N) is 8. The summed E-state index contributed by atoms with van der Waals surface area (Å²) in [6.07, 6.45) is 1.63. The Morgan fingerprint density at radius 1 is 1.12 bits per heavy atom. The Balaban J connectivity index is 2.82. The highest BCUT2D eigenvalue weighted by Crippen LogP contribution is 2.34. The molecule has 0 saturated heterocycles. The fraction of sp³-hybridized carbons (Fsp3) is 0.0588. The highest BCUT2D eigenvalue weighted by molar-refractivity contribution is 6.25. The first kappa shape index (κ1) is 16.8. The Labute approximate surface area is 142 Å². The normalized spacial score (nSPS) is 13.9. The molecule has 0 N–H and O–H groups in total. The molecular formula is C17H6N8. The highest BCUT2D eigenvalue weighted by atomic mass is 14.9. The van der Waals surface area contributed by atoms with E-state index >= 15 is 0 Å². The fourth-order valence-corrected chi connectivity index (χ4v) is 2.18. The van der Waals surface area contributed by atoms with E-state index in [9.17, 15) is 0 Å². The topological polar surface area (TPSA) is 157 Å². The molecule has 1 aromatic heterocycles. The van der Waals surface area contributed by atoms with Crippen molar-refractivity contribution < 1.29 is 0 Å². The van der Waals surface area contributed by atoms with E-state index in [1.54, 1.807) is 25.3 Å². The molecule has 0 unspecified atom stereocenters. The van der Waals surface area contributed by atoms with Crippen molar-refractivity contribution in [2.24, 2.45) is 9.98 Å². The zero-order valence-corrected chi connectivity index (χ0v) is 12.9. The number of allylic oxidation sites excluding steroid dienone is 3. The molecule has 1 aromatic rings. The number of fused-ring (bicyclic) bond motifs is 1. The first-order valence-corrected chi connectivity index (χ1v) is 6.64. The summed E-state index contributed by atoms with van der Waals surface area (Å²) in [5.41, 5.74) is 1.03. The summed E-state index contributed by atoms with van der Waals surface area (Å²) in [6, 6.07) is 8.65. The molecule has 1 aliphatic rings. The minimum atomic E-state index is -0.226. The second-order valence-electron chi connectivity index (χ2n) is 4.70. The Morgan fingerprint density at radius 2 is 1.84 bits per heavy atom. The monoisotopic (exact) mass is 322 g/mol. The number of pyridine rings is 1. The first-order valence-electron chi connectivity index (χ1n) is 6.64. The Morgan fingerprint density at radius 3 is 2.36 bits per heavy atom. The van der Waals surface area contributed by atoms with Crippen LogP contribution in [0.4, 0.5) is 0 Å². The average Bonchev–Trinajstić information content (AvgIpc) is 2.89. The lowest BCUT2D eigenvalue weighted by atomic mass is 10.1. The van der Waals surface area contributed by atoms with Gasteiger partial charge in [-0.25, -0.2) is 9.98 Å². The van der Waals surface area contributed by atoms with E-state index in [0.29, 0.717) is 11.1 Å². The van der Waals surface area contributed by atoms with Crippen molar-refractivity contribution in [1.29, 1.82) is 26.3 Å². The molecule has 114 valence electrons. The molecule has 25 heavy (non-hydrogen) atoms. The lowest BCUT2D eigenvalue weighted by Gasteiger charge is -2.02. The summed E-state index contributed by atoms with van der Waals surface area (Å²) in [7, 11) is 0. The molecule has 1 heterocycles. The lowest BCUT2D eigenvalue weighted by molar-refractivity contribution is 1.21. The number of aliphatic imine (C=N–C) groups is 2. The molecule has 8 nitrogen and oxygen atoms in total. The van der Waals surface area contributed by atoms with E-state index in [1.165, 1.54) is 6.07 Å². The molecule has 0 bridgehead atoms. The molecule has 0 spiro atoms. The van der Waals surface area contributed by atoms with Gasteiger partial charge in [-0.15, -0.1) is 0 Å². The fourth-order valence-electron chi connectivity index (χ4n) is 2.18. The van der Waals surface area contributed by atoms with Crippen molar-refractivity contribution in [3.8, 4) is 30.5 Å². The third kappa shape index (κ3) is 2.73. The Kier molecular flexibility index (Phi) is 4.48. The van der Waals surface area contributed by atoms with Gasteiger partial charge in [0.15, 0.2) is 11.4 Å². The van der Waals surface area contributed by atoms with Gasteiger partial charge in [0.25, 0.3) is 0 Å². The van der Waals surface area contributed by atoms with Crippen molar-refractivity contribution >= 4 is 17.0 Å². The van der Waals surface area contributed by atoms with Crippen molar-refractivity contribution in [3.63, 3.8) is 0 Å².